The molecule has 0 unspecified atom stereocenters. The maximum Gasteiger partial charge on any atom is 0.253 e. The molecule has 0 N–H and O–H groups in total. The third kappa shape index (κ3) is 4.99. The Labute approximate surface area is 209 Å². The van der Waals surface area contributed by atoms with Gasteiger partial charge in [0.25, 0.3) is 5.91 Å². The van der Waals surface area contributed by atoms with Crippen LogP contribution >= 0.6 is 11.6 Å². The average molecular weight is 489 g/mol. The molecule has 3 aromatic carbocycles. The molecule has 0 saturated carbocycles. The van der Waals surface area contributed by atoms with Gasteiger partial charge in [-0.05, 0) is 42.0 Å². The van der Waals surface area contributed by atoms with E-state index in [1.807, 2.05) is 35.0 Å². The normalized spacial score (nSPS) is 13.5. The number of aromatic nitrogens is 2. The summed E-state index contributed by atoms with van der Waals surface area (Å²) in [6.07, 6.45) is 0.829. The van der Waals surface area contributed by atoms with Crippen molar-refractivity contribution in [2.45, 2.75) is 26.1 Å². The largest absolute Gasteiger partial charge is 0.336 e. The van der Waals surface area contributed by atoms with Crippen LogP contribution < -0.4 is 0 Å². The number of rotatable bonds is 6. The number of amides is 1. The van der Waals surface area contributed by atoms with E-state index in [-0.39, 0.29) is 11.7 Å². The molecule has 178 valence electrons. The molecule has 0 bridgehead atoms. The molecule has 5 rings (SSSR count). The number of para-hydroxylation sites is 1. The Hall–Kier alpha value is -3.48. The van der Waals surface area contributed by atoms with Gasteiger partial charge in [-0.25, -0.2) is 9.07 Å². The molecule has 0 radical (unpaired) electrons. The molecule has 7 heteroatoms. The van der Waals surface area contributed by atoms with Gasteiger partial charge in [-0.1, -0.05) is 54.1 Å². The third-order valence-corrected chi connectivity index (χ3v) is 6.69. The van der Waals surface area contributed by atoms with E-state index in [9.17, 15) is 9.18 Å². The molecule has 1 aliphatic rings. The van der Waals surface area contributed by atoms with E-state index >= 15 is 0 Å². The molecular formula is C28H26ClFN4O. The minimum absolute atomic E-state index is 0.178. The highest BCUT2D eigenvalue weighted by Gasteiger charge is 2.27. The predicted molar refractivity (Wildman–Crippen MR) is 135 cm³/mol. The highest BCUT2D eigenvalue weighted by molar-refractivity contribution is 6.32. The number of hydrogen-bond acceptors (Lipinski definition) is 3. The zero-order valence-corrected chi connectivity index (χ0v) is 20.3. The highest BCUT2D eigenvalue weighted by atomic mass is 35.5. The van der Waals surface area contributed by atoms with Gasteiger partial charge in [0.15, 0.2) is 0 Å². The summed E-state index contributed by atoms with van der Waals surface area (Å²) in [4.78, 5) is 17.0. The fourth-order valence-electron chi connectivity index (χ4n) is 4.58. The molecule has 4 aromatic rings. The van der Waals surface area contributed by atoms with E-state index in [1.54, 1.807) is 11.9 Å². The van der Waals surface area contributed by atoms with Crippen molar-refractivity contribution in [3.05, 3.63) is 118 Å². The molecule has 35 heavy (non-hydrogen) atoms. The van der Waals surface area contributed by atoms with Crippen molar-refractivity contribution in [2.75, 3.05) is 13.6 Å². The Morgan fingerprint density at radius 2 is 1.74 bits per heavy atom. The second-order valence-electron chi connectivity index (χ2n) is 8.85. The molecular weight excluding hydrogens is 463 g/mol. The Bertz CT molecular complexity index is 1340. The Kier molecular flexibility index (Phi) is 6.66. The van der Waals surface area contributed by atoms with Gasteiger partial charge in [0.1, 0.15) is 5.82 Å². The average Bonchev–Trinajstić information content (AvgIpc) is 3.22. The molecule has 5 nitrogen and oxygen atoms in total. The van der Waals surface area contributed by atoms with Crippen molar-refractivity contribution >= 4 is 17.5 Å². The van der Waals surface area contributed by atoms with Crippen LogP contribution in [0.4, 0.5) is 4.39 Å². The molecule has 1 aromatic heterocycles. The standard InChI is InChI=1S/C28H26ClFN4O/c1-32(28(35)21-11-13-22(30)14-12-21)19-25-23-18-33(17-20-7-3-2-4-8-20)16-15-26(23)34(31-25)27-10-6-5-9-24(27)29/h2-14H,15-19H2,1H3. The van der Waals surface area contributed by atoms with Gasteiger partial charge in [-0.2, -0.15) is 5.10 Å². The van der Waals surface area contributed by atoms with Crippen LogP contribution in [0.5, 0.6) is 0 Å². The third-order valence-electron chi connectivity index (χ3n) is 6.37. The smallest absolute Gasteiger partial charge is 0.253 e. The zero-order valence-electron chi connectivity index (χ0n) is 19.5. The summed E-state index contributed by atoms with van der Waals surface area (Å²) in [5, 5.41) is 5.58. The number of fused-ring (bicyclic) bond motifs is 1. The van der Waals surface area contributed by atoms with Gasteiger partial charge in [-0.15, -0.1) is 0 Å². The van der Waals surface area contributed by atoms with Gasteiger partial charge in [-0.3, -0.25) is 9.69 Å². The summed E-state index contributed by atoms with van der Waals surface area (Å²) in [5.74, 6) is -0.543. The van der Waals surface area contributed by atoms with E-state index in [2.05, 4.69) is 29.2 Å². The maximum absolute atomic E-state index is 13.3. The molecule has 1 amide bonds. The number of benzene rings is 3. The van der Waals surface area contributed by atoms with Crippen LogP contribution in [0.3, 0.4) is 0 Å². The summed E-state index contributed by atoms with van der Waals surface area (Å²) in [5.41, 5.74) is 5.64. The number of nitrogens with zero attached hydrogens (tertiary/aromatic N) is 4. The summed E-state index contributed by atoms with van der Waals surface area (Å²) in [6.45, 7) is 2.83. The molecule has 0 saturated heterocycles. The van der Waals surface area contributed by atoms with Crippen LogP contribution in [-0.4, -0.2) is 39.1 Å². The molecule has 1 aliphatic heterocycles. The molecule has 2 heterocycles. The van der Waals surface area contributed by atoms with Crippen molar-refractivity contribution < 1.29 is 9.18 Å². The Morgan fingerprint density at radius 3 is 2.49 bits per heavy atom. The molecule has 0 aliphatic carbocycles. The number of hydrogen-bond donors (Lipinski definition) is 0. The van der Waals surface area contributed by atoms with Gasteiger partial charge in [0.05, 0.1) is 28.6 Å². The van der Waals surface area contributed by atoms with Crippen LogP contribution in [0.25, 0.3) is 5.69 Å². The SMILES string of the molecule is CN(Cc1nn(-c2ccccc2Cl)c2c1CN(Cc1ccccc1)CC2)C(=O)c1ccc(F)cc1. The second kappa shape index (κ2) is 10.0. The summed E-state index contributed by atoms with van der Waals surface area (Å²) in [6, 6.07) is 23.7. The minimum Gasteiger partial charge on any atom is -0.336 e. The number of halogens is 2. The predicted octanol–water partition coefficient (Wildman–Crippen LogP) is 5.50. The first-order chi connectivity index (χ1) is 17.0. The molecule has 0 fully saturated rings. The first kappa shape index (κ1) is 23.3. The summed E-state index contributed by atoms with van der Waals surface area (Å²) in [7, 11) is 1.75. The summed E-state index contributed by atoms with van der Waals surface area (Å²) >= 11 is 6.53. The van der Waals surface area contributed by atoms with E-state index in [0.717, 1.165) is 48.7 Å². The topological polar surface area (TPSA) is 41.4 Å². The first-order valence-electron chi connectivity index (χ1n) is 11.6. The summed E-state index contributed by atoms with van der Waals surface area (Å²) < 4.78 is 15.3. The van der Waals surface area contributed by atoms with Crippen LogP contribution in [0.15, 0.2) is 78.9 Å². The van der Waals surface area contributed by atoms with Gasteiger partial charge in [0.2, 0.25) is 0 Å². The van der Waals surface area contributed by atoms with Gasteiger partial charge >= 0.3 is 0 Å². The Balaban J connectivity index is 1.46. The van der Waals surface area contributed by atoms with E-state index in [4.69, 9.17) is 16.7 Å². The first-order valence-corrected chi connectivity index (χ1v) is 12.0. The van der Waals surface area contributed by atoms with Gasteiger partial charge < -0.3 is 4.90 Å². The fourth-order valence-corrected chi connectivity index (χ4v) is 4.79. The molecule has 0 spiro atoms. The van der Waals surface area contributed by atoms with E-state index < -0.39 is 0 Å². The quantitative estimate of drug-likeness (QED) is 0.360. The van der Waals surface area contributed by atoms with Crippen molar-refractivity contribution in [2.24, 2.45) is 0 Å². The lowest BCUT2D eigenvalue weighted by Gasteiger charge is -2.28. The Morgan fingerprint density at radius 1 is 1.03 bits per heavy atom. The van der Waals surface area contributed by atoms with E-state index in [1.165, 1.54) is 29.8 Å². The van der Waals surface area contributed by atoms with Crippen LogP contribution in [-0.2, 0) is 26.1 Å². The van der Waals surface area contributed by atoms with Crippen LogP contribution in [0, 0.1) is 5.82 Å². The lowest BCUT2D eigenvalue weighted by Crippen LogP contribution is -2.32. The van der Waals surface area contributed by atoms with Crippen molar-refractivity contribution in [3.8, 4) is 5.69 Å². The monoisotopic (exact) mass is 488 g/mol. The van der Waals surface area contributed by atoms with Crippen LogP contribution in [0.1, 0.15) is 32.9 Å². The highest BCUT2D eigenvalue weighted by Crippen LogP contribution is 2.30. The second-order valence-corrected chi connectivity index (χ2v) is 9.26. The van der Waals surface area contributed by atoms with Crippen molar-refractivity contribution in [1.29, 1.82) is 0 Å². The maximum atomic E-state index is 13.3. The van der Waals surface area contributed by atoms with Crippen molar-refractivity contribution in [1.82, 2.24) is 19.6 Å². The zero-order chi connectivity index (χ0) is 24.4. The lowest BCUT2D eigenvalue weighted by molar-refractivity contribution is 0.0782. The van der Waals surface area contributed by atoms with E-state index in [0.29, 0.717) is 17.1 Å². The fraction of sp³-hybridized carbons (Fsp3) is 0.214. The van der Waals surface area contributed by atoms with Gasteiger partial charge in [0, 0.05) is 44.2 Å². The van der Waals surface area contributed by atoms with Crippen LogP contribution in [0.2, 0.25) is 5.02 Å². The number of carbonyl (C=O) groups excluding carboxylic acids is 1. The van der Waals surface area contributed by atoms with Crippen molar-refractivity contribution in [3.63, 3.8) is 0 Å². The minimum atomic E-state index is -0.365. The molecule has 0 atom stereocenters. The lowest BCUT2D eigenvalue weighted by atomic mass is 10.0. The number of carbonyl (C=O) groups is 1.